The number of hydrogen-bond acceptors (Lipinski definition) is 2. The molecule has 0 aliphatic heterocycles. The number of amides is 1. The van der Waals surface area contributed by atoms with Crippen LogP contribution in [0.2, 0.25) is 0 Å². The summed E-state index contributed by atoms with van der Waals surface area (Å²) in [7, 11) is 0. The first-order valence-corrected chi connectivity index (χ1v) is 5.70. The van der Waals surface area contributed by atoms with Crippen LogP contribution in [0.4, 0.5) is 0 Å². The molecule has 3 nitrogen and oxygen atoms in total. The van der Waals surface area contributed by atoms with Crippen molar-refractivity contribution in [3.8, 4) is 0 Å². The van der Waals surface area contributed by atoms with Crippen molar-refractivity contribution in [1.29, 1.82) is 0 Å². The van der Waals surface area contributed by atoms with Gasteiger partial charge < -0.3 is 11.1 Å². The molecule has 2 unspecified atom stereocenters. The fourth-order valence-corrected chi connectivity index (χ4v) is 2.11. The Labute approximate surface area is 86.4 Å². The first kappa shape index (κ1) is 11.5. The molecular weight excluding hydrogens is 176 g/mol. The van der Waals surface area contributed by atoms with E-state index < -0.39 is 0 Å². The van der Waals surface area contributed by atoms with Crippen molar-refractivity contribution < 1.29 is 4.79 Å². The van der Waals surface area contributed by atoms with Crippen molar-refractivity contribution >= 4 is 5.91 Å². The zero-order valence-electron chi connectivity index (χ0n) is 9.25. The molecule has 2 atom stereocenters. The van der Waals surface area contributed by atoms with E-state index in [1.54, 1.807) is 0 Å². The average molecular weight is 198 g/mol. The summed E-state index contributed by atoms with van der Waals surface area (Å²) in [6.07, 6.45) is 5.95. The number of rotatable bonds is 5. The van der Waals surface area contributed by atoms with Gasteiger partial charge in [-0.1, -0.05) is 33.1 Å². The van der Waals surface area contributed by atoms with E-state index in [4.69, 9.17) is 5.73 Å². The van der Waals surface area contributed by atoms with E-state index in [9.17, 15) is 4.79 Å². The Morgan fingerprint density at radius 1 is 1.50 bits per heavy atom. The summed E-state index contributed by atoms with van der Waals surface area (Å²) in [4.78, 5) is 11.2. The van der Waals surface area contributed by atoms with Crippen molar-refractivity contribution in [2.45, 2.75) is 58.0 Å². The molecule has 3 N–H and O–H groups in total. The molecule has 3 heteroatoms. The van der Waals surface area contributed by atoms with Gasteiger partial charge in [0.2, 0.25) is 5.91 Å². The summed E-state index contributed by atoms with van der Waals surface area (Å²) < 4.78 is 0. The van der Waals surface area contributed by atoms with Gasteiger partial charge in [0, 0.05) is 6.04 Å². The minimum absolute atomic E-state index is 0.136. The number of nitrogens with two attached hydrogens (primary N) is 1. The first-order chi connectivity index (χ1) is 6.65. The molecule has 0 aromatic heterocycles. The van der Waals surface area contributed by atoms with Crippen LogP contribution in [0.1, 0.15) is 46.0 Å². The molecule has 1 fully saturated rings. The highest BCUT2D eigenvalue weighted by atomic mass is 16.1. The quantitative estimate of drug-likeness (QED) is 0.702. The van der Waals surface area contributed by atoms with Gasteiger partial charge in [-0.25, -0.2) is 0 Å². The van der Waals surface area contributed by atoms with Crippen LogP contribution in [0.15, 0.2) is 0 Å². The lowest BCUT2D eigenvalue weighted by molar-refractivity contribution is -0.121. The van der Waals surface area contributed by atoms with Gasteiger partial charge in [0.15, 0.2) is 0 Å². The Balaban J connectivity index is 2.45. The second-order valence-corrected chi connectivity index (χ2v) is 4.41. The molecule has 0 bridgehead atoms. The van der Waals surface area contributed by atoms with Crippen molar-refractivity contribution in [1.82, 2.24) is 5.32 Å². The monoisotopic (exact) mass is 198 g/mol. The fourth-order valence-electron chi connectivity index (χ4n) is 2.11. The molecule has 1 aliphatic rings. The third kappa shape index (κ3) is 2.98. The Kier molecular flexibility index (Phi) is 4.39. The van der Waals surface area contributed by atoms with Crippen molar-refractivity contribution in [2.75, 3.05) is 0 Å². The molecule has 0 heterocycles. The van der Waals surface area contributed by atoms with Gasteiger partial charge in [-0.2, -0.15) is 0 Å². The minimum Gasteiger partial charge on any atom is -0.368 e. The van der Waals surface area contributed by atoms with Crippen molar-refractivity contribution in [3.05, 3.63) is 0 Å². The van der Waals surface area contributed by atoms with Crippen molar-refractivity contribution in [3.63, 3.8) is 0 Å². The lowest BCUT2D eigenvalue weighted by Gasteiger charge is -2.24. The van der Waals surface area contributed by atoms with Crippen LogP contribution in [0, 0.1) is 5.92 Å². The largest absolute Gasteiger partial charge is 0.368 e. The molecule has 1 rings (SSSR count). The fraction of sp³-hybridized carbons (Fsp3) is 0.909. The summed E-state index contributed by atoms with van der Waals surface area (Å²) in [6, 6.07) is 0.379. The summed E-state index contributed by atoms with van der Waals surface area (Å²) >= 11 is 0. The van der Waals surface area contributed by atoms with Crippen LogP contribution in [0.5, 0.6) is 0 Å². The predicted octanol–water partition coefficient (Wildman–Crippen LogP) is 1.42. The second-order valence-electron chi connectivity index (χ2n) is 4.41. The first-order valence-electron chi connectivity index (χ1n) is 5.70. The van der Waals surface area contributed by atoms with Gasteiger partial charge >= 0.3 is 0 Å². The minimum atomic E-state index is -0.203. The number of primary amides is 1. The normalized spacial score (nSPS) is 22.1. The maximum atomic E-state index is 11.2. The molecule has 0 radical (unpaired) electrons. The third-order valence-corrected chi connectivity index (χ3v) is 3.29. The standard InChI is InChI=1S/C11H22N2O/c1-3-8(2)10(11(12)14)13-9-6-4-5-7-9/h8-10,13H,3-7H2,1-2H3,(H2,12,14). The van der Waals surface area contributed by atoms with Crippen molar-refractivity contribution in [2.24, 2.45) is 11.7 Å². The summed E-state index contributed by atoms with van der Waals surface area (Å²) in [5.74, 6) is 0.138. The number of carbonyl (C=O) groups is 1. The summed E-state index contributed by atoms with van der Waals surface area (Å²) in [5, 5.41) is 3.39. The maximum Gasteiger partial charge on any atom is 0.234 e. The smallest absolute Gasteiger partial charge is 0.234 e. The van der Waals surface area contributed by atoms with Crippen LogP contribution < -0.4 is 11.1 Å². The molecule has 1 aliphatic carbocycles. The van der Waals surface area contributed by atoms with E-state index in [-0.39, 0.29) is 11.9 Å². The van der Waals surface area contributed by atoms with Crippen LogP contribution in [0.25, 0.3) is 0 Å². The highest BCUT2D eigenvalue weighted by molar-refractivity contribution is 5.80. The molecular formula is C11H22N2O. The molecule has 0 saturated heterocycles. The molecule has 0 spiro atoms. The molecule has 0 aromatic rings. The lowest BCUT2D eigenvalue weighted by Crippen LogP contribution is -2.49. The highest BCUT2D eigenvalue weighted by Gasteiger charge is 2.25. The number of carbonyl (C=O) groups excluding carboxylic acids is 1. The Morgan fingerprint density at radius 2 is 2.07 bits per heavy atom. The predicted molar refractivity (Wildman–Crippen MR) is 57.8 cm³/mol. The molecule has 14 heavy (non-hydrogen) atoms. The van der Waals surface area contributed by atoms with Gasteiger partial charge in [0.1, 0.15) is 0 Å². The van der Waals surface area contributed by atoms with E-state index in [1.807, 2.05) is 0 Å². The van der Waals surface area contributed by atoms with E-state index in [0.29, 0.717) is 12.0 Å². The maximum absolute atomic E-state index is 11.2. The zero-order valence-corrected chi connectivity index (χ0v) is 9.25. The average Bonchev–Trinajstić information content (AvgIpc) is 2.65. The topological polar surface area (TPSA) is 55.1 Å². The lowest BCUT2D eigenvalue weighted by atomic mass is 9.97. The Hall–Kier alpha value is -0.570. The van der Waals surface area contributed by atoms with E-state index in [0.717, 1.165) is 6.42 Å². The number of nitrogens with one attached hydrogen (secondary N) is 1. The SMILES string of the molecule is CCC(C)C(NC1CCCC1)C(N)=O. The van der Waals surface area contributed by atoms with Crippen LogP contribution in [-0.2, 0) is 4.79 Å². The Bertz CT molecular complexity index is 188. The third-order valence-electron chi connectivity index (χ3n) is 3.29. The molecule has 0 aromatic carbocycles. The van der Waals surface area contributed by atoms with Gasteiger partial charge in [-0.05, 0) is 18.8 Å². The Morgan fingerprint density at radius 3 is 2.50 bits per heavy atom. The van der Waals surface area contributed by atoms with Crippen LogP contribution in [-0.4, -0.2) is 18.0 Å². The molecule has 1 saturated carbocycles. The van der Waals surface area contributed by atoms with Gasteiger partial charge in [-0.3, -0.25) is 4.79 Å². The van der Waals surface area contributed by atoms with Crippen LogP contribution in [0.3, 0.4) is 0 Å². The zero-order chi connectivity index (χ0) is 10.6. The van der Waals surface area contributed by atoms with E-state index in [2.05, 4.69) is 19.2 Å². The summed E-state index contributed by atoms with van der Waals surface area (Å²) in [5.41, 5.74) is 5.39. The van der Waals surface area contributed by atoms with Gasteiger partial charge in [0.25, 0.3) is 0 Å². The van der Waals surface area contributed by atoms with E-state index in [1.165, 1.54) is 25.7 Å². The second kappa shape index (κ2) is 5.35. The number of hydrogen-bond donors (Lipinski definition) is 2. The molecule has 1 amide bonds. The summed E-state index contributed by atoms with van der Waals surface area (Å²) in [6.45, 7) is 4.17. The highest BCUT2D eigenvalue weighted by Crippen LogP contribution is 2.19. The van der Waals surface area contributed by atoms with Gasteiger partial charge in [0.05, 0.1) is 6.04 Å². The van der Waals surface area contributed by atoms with E-state index >= 15 is 0 Å². The van der Waals surface area contributed by atoms with Crippen LogP contribution >= 0.6 is 0 Å². The van der Waals surface area contributed by atoms with Gasteiger partial charge in [-0.15, -0.1) is 0 Å². The molecule has 82 valence electrons.